The number of non-ortho nitro benzene ring substituents is 1. The number of nitro groups is 1. The summed E-state index contributed by atoms with van der Waals surface area (Å²) in [7, 11) is 0. The lowest BCUT2D eigenvalue weighted by atomic mass is 9.96. The van der Waals surface area contributed by atoms with Crippen LogP contribution in [0.25, 0.3) is 0 Å². The lowest BCUT2D eigenvalue weighted by molar-refractivity contribution is -0.384. The van der Waals surface area contributed by atoms with Gasteiger partial charge >= 0.3 is 0 Å². The normalized spacial score (nSPS) is 22.6. The molecule has 0 spiro atoms. The van der Waals surface area contributed by atoms with Crippen LogP contribution in [0.3, 0.4) is 0 Å². The molecule has 108 valence electrons. The maximum Gasteiger partial charge on any atom is 0.271 e. The molecule has 2 unspecified atom stereocenters. The Bertz CT molecular complexity index is 549. The number of hydrogen-bond donors (Lipinski definition) is 1. The number of rotatable bonds is 2. The molecule has 0 aliphatic carbocycles. The Morgan fingerprint density at radius 3 is 2.80 bits per heavy atom. The molecule has 0 radical (unpaired) electrons. The minimum absolute atomic E-state index is 0.0122. The second-order valence-corrected chi connectivity index (χ2v) is 5.48. The van der Waals surface area contributed by atoms with Gasteiger partial charge < -0.3 is 10.0 Å². The van der Waals surface area contributed by atoms with E-state index in [0.29, 0.717) is 19.5 Å². The van der Waals surface area contributed by atoms with Crippen LogP contribution in [0.2, 0.25) is 5.02 Å². The first-order valence-corrected chi connectivity index (χ1v) is 6.68. The first kappa shape index (κ1) is 14.7. The van der Waals surface area contributed by atoms with Gasteiger partial charge in [-0.3, -0.25) is 14.9 Å². The number of carbonyl (C=O) groups excluding carboxylic acids is 1. The Morgan fingerprint density at radius 2 is 2.20 bits per heavy atom. The van der Waals surface area contributed by atoms with Crippen molar-refractivity contribution in [1.82, 2.24) is 4.90 Å². The summed E-state index contributed by atoms with van der Waals surface area (Å²) in [6.07, 6.45) is 0.1000. The van der Waals surface area contributed by atoms with Crippen molar-refractivity contribution < 1.29 is 14.8 Å². The molecule has 0 saturated carbocycles. The molecule has 0 aromatic heterocycles. The highest BCUT2D eigenvalue weighted by atomic mass is 35.5. The Morgan fingerprint density at radius 1 is 1.50 bits per heavy atom. The monoisotopic (exact) mass is 298 g/mol. The molecule has 1 heterocycles. The zero-order chi connectivity index (χ0) is 14.9. The summed E-state index contributed by atoms with van der Waals surface area (Å²) >= 11 is 5.81. The molecule has 1 N–H and O–H groups in total. The average Bonchev–Trinajstić information content (AvgIpc) is 2.40. The highest BCUT2D eigenvalue weighted by molar-refractivity contribution is 6.31. The minimum atomic E-state index is -0.578. The molecule has 6 nitrogen and oxygen atoms in total. The van der Waals surface area contributed by atoms with Crippen molar-refractivity contribution in [2.24, 2.45) is 5.92 Å². The van der Waals surface area contributed by atoms with E-state index in [0.717, 1.165) is 0 Å². The fourth-order valence-corrected chi connectivity index (χ4v) is 2.53. The Balaban J connectivity index is 2.23. The molecule has 1 fully saturated rings. The van der Waals surface area contributed by atoms with Crippen molar-refractivity contribution in [2.75, 3.05) is 13.1 Å². The maximum atomic E-state index is 12.3. The number of aliphatic hydroxyl groups is 1. The molecule has 7 heteroatoms. The molecule has 20 heavy (non-hydrogen) atoms. The van der Waals surface area contributed by atoms with Crippen LogP contribution in [0.1, 0.15) is 23.7 Å². The van der Waals surface area contributed by atoms with E-state index in [-0.39, 0.29) is 28.1 Å². The Hall–Kier alpha value is -1.66. The summed E-state index contributed by atoms with van der Waals surface area (Å²) in [5.74, 6) is -0.309. The van der Waals surface area contributed by atoms with E-state index in [1.807, 2.05) is 6.92 Å². The van der Waals surface area contributed by atoms with Crippen molar-refractivity contribution in [3.8, 4) is 0 Å². The number of hydrogen-bond acceptors (Lipinski definition) is 4. The molecular formula is C13H15ClN2O4. The SMILES string of the molecule is CC1CN(C(=O)c2cc(Cl)cc([N+](=O)[O-])c2)CCC1O. The number of benzene rings is 1. The van der Waals surface area contributed by atoms with Crippen LogP contribution >= 0.6 is 11.6 Å². The summed E-state index contributed by atoms with van der Waals surface area (Å²) in [4.78, 5) is 24.1. The van der Waals surface area contributed by atoms with Gasteiger partial charge in [-0.05, 0) is 18.4 Å². The second-order valence-electron chi connectivity index (χ2n) is 5.04. The molecule has 2 atom stereocenters. The van der Waals surface area contributed by atoms with E-state index >= 15 is 0 Å². The molecule has 0 bridgehead atoms. The van der Waals surface area contributed by atoms with Crippen molar-refractivity contribution in [2.45, 2.75) is 19.4 Å². The standard InChI is InChI=1S/C13H15ClN2O4/c1-8-7-15(3-2-12(8)17)13(18)9-4-10(14)6-11(5-9)16(19)20/h4-6,8,12,17H,2-3,7H2,1H3. The highest BCUT2D eigenvalue weighted by Gasteiger charge is 2.28. The lowest BCUT2D eigenvalue weighted by Gasteiger charge is -2.34. The third-order valence-corrected chi connectivity index (χ3v) is 3.71. The molecule has 1 aliphatic rings. The number of halogens is 1. The van der Waals surface area contributed by atoms with Gasteiger partial charge in [-0.2, -0.15) is 0 Å². The predicted octanol–water partition coefficient (Wildman–Crippen LogP) is 2.09. The topological polar surface area (TPSA) is 83.7 Å². The van der Waals surface area contributed by atoms with Crippen LogP contribution < -0.4 is 0 Å². The van der Waals surface area contributed by atoms with Crippen molar-refractivity contribution in [3.63, 3.8) is 0 Å². The summed E-state index contributed by atoms with van der Waals surface area (Å²) in [5.41, 5.74) is -0.00117. The third kappa shape index (κ3) is 3.08. The number of amides is 1. The summed E-state index contributed by atoms with van der Waals surface area (Å²) < 4.78 is 0. The van der Waals surface area contributed by atoms with Gasteiger partial charge in [-0.1, -0.05) is 18.5 Å². The first-order chi connectivity index (χ1) is 9.38. The second kappa shape index (κ2) is 5.76. The number of nitro benzene ring substituents is 1. The fraction of sp³-hybridized carbons (Fsp3) is 0.462. The van der Waals surface area contributed by atoms with E-state index in [4.69, 9.17) is 11.6 Å². The van der Waals surface area contributed by atoms with Crippen LogP contribution in [0.4, 0.5) is 5.69 Å². The molecular weight excluding hydrogens is 284 g/mol. The average molecular weight is 299 g/mol. The summed E-state index contributed by atoms with van der Waals surface area (Å²) in [5, 5.41) is 20.6. The predicted molar refractivity (Wildman–Crippen MR) is 73.8 cm³/mol. The largest absolute Gasteiger partial charge is 0.393 e. The third-order valence-electron chi connectivity index (χ3n) is 3.49. The van der Waals surface area contributed by atoms with E-state index in [1.165, 1.54) is 18.2 Å². The zero-order valence-electron chi connectivity index (χ0n) is 11.0. The number of piperidine rings is 1. The molecule has 1 aromatic rings. The quantitative estimate of drug-likeness (QED) is 0.669. The summed E-state index contributed by atoms with van der Waals surface area (Å²) in [6, 6.07) is 3.86. The van der Waals surface area contributed by atoms with Crippen LogP contribution in [0.15, 0.2) is 18.2 Å². The number of nitrogens with zero attached hydrogens (tertiary/aromatic N) is 2. The fourth-order valence-electron chi connectivity index (χ4n) is 2.30. The number of likely N-dealkylation sites (tertiary alicyclic amines) is 1. The van der Waals surface area contributed by atoms with Crippen LogP contribution in [0, 0.1) is 16.0 Å². The van der Waals surface area contributed by atoms with Gasteiger partial charge in [-0.15, -0.1) is 0 Å². The molecule has 2 rings (SSSR count). The first-order valence-electron chi connectivity index (χ1n) is 6.31. The maximum absolute atomic E-state index is 12.3. The van der Waals surface area contributed by atoms with Crippen molar-refractivity contribution in [3.05, 3.63) is 38.9 Å². The Labute approximate surface area is 121 Å². The van der Waals surface area contributed by atoms with Crippen LogP contribution in [-0.2, 0) is 0 Å². The number of carbonyl (C=O) groups is 1. The van der Waals surface area contributed by atoms with E-state index in [9.17, 15) is 20.0 Å². The smallest absolute Gasteiger partial charge is 0.271 e. The van der Waals surface area contributed by atoms with Gasteiger partial charge in [0.1, 0.15) is 0 Å². The summed E-state index contributed by atoms with van der Waals surface area (Å²) in [6.45, 7) is 2.73. The van der Waals surface area contributed by atoms with Crippen LogP contribution in [0.5, 0.6) is 0 Å². The zero-order valence-corrected chi connectivity index (χ0v) is 11.7. The van der Waals surface area contributed by atoms with E-state index < -0.39 is 11.0 Å². The van der Waals surface area contributed by atoms with Gasteiger partial charge in [0.25, 0.3) is 11.6 Å². The molecule has 1 saturated heterocycles. The van der Waals surface area contributed by atoms with E-state index in [2.05, 4.69) is 0 Å². The van der Waals surface area contributed by atoms with Crippen LogP contribution in [-0.4, -0.2) is 40.0 Å². The van der Waals surface area contributed by atoms with Gasteiger partial charge in [0.05, 0.1) is 11.0 Å². The molecule has 1 aliphatic heterocycles. The van der Waals surface area contributed by atoms with Gasteiger partial charge in [0.2, 0.25) is 0 Å². The van der Waals surface area contributed by atoms with Crippen molar-refractivity contribution >= 4 is 23.2 Å². The molecule has 1 amide bonds. The van der Waals surface area contributed by atoms with Gasteiger partial charge in [-0.25, -0.2) is 0 Å². The Kier molecular flexibility index (Phi) is 4.25. The minimum Gasteiger partial charge on any atom is -0.393 e. The van der Waals surface area contributed by atoms with E-state index in [1.54, 1.807) is 4.90 Å². The lowest BCUT2D eigenvalue weighted by Crippen LogP contribution is -2.44. The van der Waals surface area contributed by atoms with Gasteiger partial charge in [0, 0.05) is 35.8 Å². The van der Waals surface area contributed by atoms with Gasteiger partial charge in [0.15, 0.2) is 0 Å². The van der Waals surface area contributed by atoms with Crippen molar-refractivity contribution in [1.29, 1.82) is 0 Å². The number of aliphatic hydroxyl groups excluding tert-OH is 1. The highest BCUT2D eigenvalue weighted by Crippen LogP contribution is 2.24. The molecule has 1 aromatic carbocycles.